The molecule has 0 aromatic heterocycles. The van der Waals surface area contributed by atoms with Crippen LogP contribution in [-0.4, -0.2) is 37.2 Å². The predicted molar refractivity (Wildman–Crippen MR) is 288 cm³/mol. The average Bonchev–Trinajstić information content (AvgIpc) is 3.33. The van der Waals surface area contributed by atoms with Crippen LogP contribution in [-0.2, 0) is 28.6 Å². The van der Waals surface area contributed by atoms with Gasteiger partial charge in [0.2, 0.25) is 0 Å². The third kappa shape index (κ3) is 53.9. The number of hydrogen-bond donors (Lipinski definition) is 0. The molecule has 388 valence electrons. The Balaban J connectivity index is 4.41. The van der Waals surface area contributed by atoms with Gasteiger partial charge in [0.1, 0.15) is 13.2 Å². The van der Waals surface area contributed by atoms with Crippen molar-refractivity contribution in [3.8, 4) is 0 Å². The third-order valence-corrected chi connectivity index (χ3v) is 12.5. The first kappa shape index (κ1) is 64.1. The van der Waals surface area contributed by atoms with Gasteiger partial charge >= 0.3 is 17.9 Å². The van der Waals surface area contributed by atoms with Gasteiger partial charge in [0.05, 0.1) is 0 Å². The van der Waals surface area contributed by atoms with E-state index in [1.807, 2.05) is 0 Å². The molecule has 1 atom stereocenters. The molecule has 0 radical (unpaired) electrons. The van der Waals surface area contributed by atoms with Crippen molar-refractivity contribution in [2.45, 2.75) is 297 Å². The lowest BCUT2D eigenvalue weighted by Gasteiger charge is -2.18. The van der Waals surface area contributed by atoms with Crippen LogP contribution in [0.2, 0.25) is 0 Å². The van der Waals surface area contributed by atoms with Crippen molar-refractivity contribution in [3.63, 3.8) is 0 Å². The summed E-state index contributed by atoms with van der Waals surface area (Å²) in [7, 11) is 0. The van der Waals surface area contributed by atoms with Crippen LogP contribution in [0.5, 0.6) is 0 Å². The van der Waals surface area contributed by atoms with Gasteiger partial charge in [0.25, 0.3) is 0 Å². The summed E-state index contributed by atoms with van der Waals surface area (Å²) < 4.78 is 16.9. The average molecular weight is 938 g/mol. The molecule has 0 N–H and O–H groups in total. The van der Waals surface area contributed by atoms with Gasteiger partial charge in [0.15, 0.2) is 6.10 Å². The lowest BCUT2D eigenvalue weighted by Crippen LogP contribution is -2.30. The molecular formula is C61H108O6. The highest BCUT2D eigenvalue weighted by molar-refractivity contribution is 5.71. The maximum atomic E-state index is 12.9. The SMILES string of the molecule is CCCCC/C=C/C/C=C/CCCCCCCCCC(=O)OC[C@@H](COC(=O)CCCCCCC/C=C/C/C=C/CCCCC)OC(=O)CCCCCCCCC/C=C/CCCCCCCC. The summed E-state index contributed by atoms with van der Waals surface area (Å²) >= 11 is 0. The van der Waals surface area contributed by atoms with E-state index in [0.717, 1.165) is 89.9 Å². The molecule has 0 amide bonds. The number of carbonyl (C=O) groups is 3. The van der Waals surface area contributed by atoms with Gasteiger partial charge in [-0.1, -0.05) is 223 Å². The van der Waals surface area contributed by atoms with Crippen molar-refractivity contribution >= 4 is 17.9 Å². The number of esters is 3. The second-order valence-electron chi connectivity index (χ2n) is 19.2. The van der Waals surface area contributed by atoms with Crippen molar-refractivity contribution in [2.75, 3.05) is 13.2 Å². The summed E-state index contributed by atoms with van der Waals surface area (Å²) in [5.41, 5.74) is 0. The van der Waals surface area contributed by atoms with Crippen molar-refractivity contribution in [1.82, 2.24) is 0 Å². The van der Waals surface area contributed by atoms with Crippen LogP contribution in [0, 0.1) is 0 Å². The van der Waals surface area contributed by atoms with Gasteiger partial charge in [-0.15, -0.1) is 0 Å². The molecule has 0 spiro atoms. The smallest absolute Gasteiger partial charge is 0.306 e. The van der Waals surface area contributed by atoms with E-state index in [2.05, 4.69) is 81.5 Å². The Morgan fingerprint density at radius 1 is 0.299 bits per heavy atom. The van der Waals surface area contributed by atoms with E-state index in [-0.39, 0.29) is 31.1 Å². The second-order valence-corrected chi connectivity index (χ2v) is 19.2. The molecule has 6 heteroatoms. The highest BCUT2D eigenvalue weighted by Gasteiger charge is 2.19. The Bertz CT molecular complexity index is 1210. The van der Waals surface area contributed by atoms with Crippen molar-refractivity contribution in [1.29, 1.82) is 0 Å². The summed E-state index contributed by atoms with van der Waals surface area (Å²) in [6.45, 7) is 6.58. The minimum absolute atomic E-state index is 0.0839. The Morgan fingerprint density at radius 3 is 0.866 bits per heavy atom. The van der Waals surface area contributed by atoms with E-state index >= 15 is 0 Å². The standard InChI is InChI=1S/C61H108O6/c1-4-7-10-13-16-19-22-25-28-30-33-36-39-42-45-48-51-54-60(63)66-57-58(56-65-59(62)53-50-47-44-41-38-35-32-27-24-21-18-15-12-9-6-3)67-61(64)55-52-49-46-43-40-37-34-31-29-26-23-20-17-14-11-8-5-2/h16,18-19,21,25-29,32,58H,4-15,17,20,22-24,30-31,33-57H2,1-3H3/b19-16+,21-18+,28-25+,29-26+,32-27+/t58-/m1/s1. The predicted octanol–water partition coefficient (Wildman–Crippen LogP) is 19.2. The maximum absolute atomic E-state index is 12.9. The zero-order chi connectivity index (χ0) is 48.6. The molecule has 0 saturated heterocycles. The molecule has 0 aromatic carbocycles. The molecule has 6 nitrogen and oxygen atoms in total. The molecule has 0 saturated carbocycles. The molecule has 0 unspecified atom stereocenters. The lowest BCUT2D eigenvalue weighted by molar-refractivity contribution is -0.167. The summed E-state index contributed by atoms with van der Waals surface area (Å²) in [6.07, 6.45) is 69.1. The fourth-order valence-corrected chi connectivity index (χ4v) is 8.09. The zero-order valence-electron chi connectivity index (χ0n) is 44.4. The Labute approximate surface area is 415 Å². The number of rotatable bonds is 52. The maximum Gasteiger partial charge on any atom is 0.306 e. The molecule has 0 aliphatic rings. The first-order chi connectivity index (χ1) is 33.0. The van der Waals surface area contributed by atoms with Crippen LogP contribution in [0.15, 0.2) is 60.8 Å². The fourth-order valence-electron chi connectivity index (χ4n) is 8.09. The van der Waals surface area contributed by atoms with Gasteiger partial charge in [-0.25, -0.2) is 0 Å². The van der Waals surface area contributed by atoms with E-state index in [4.69, 9.17) is 14.2 Å². The highest BCUT2D eigenvalue weighted by Crippen LogP contribution is 2.15. The normalized spacial score (nSPS) is 12.5. The Morgan fingerprint density at radius 2 is 0.537 bits per heavy atom. The quantitative estimate of drug-likeness (QED) is 0.0262. The minimum Gasteiger partial charge on any atom is -0.462 e. The summed E-state index contributed by atoms with van der Waals surface area (Å²) in [5, 5.41) is 0. The van der Waals surface area contributed by atoms with Gasteiger partial charge in [-0.05, 0) is 109 Å². The van der Waals surface area contributed by atoms with Gasteiger partial charge in [0, 0.05) is 19.3 Å². The molecule has 0 aliphatic heterocycles. The lowest BCUT2D eigenvalue weighted by atomic mass is 10.1. The van der Waals surface area contributed by atoms with Crippen molar-refractivity contribution in [3.05, 3.63) is 60.8 Å². The van der Waals surface area contributed by atoms with Gasteiger partial charge in [-0.2, -0.15) is 0 Å². The largest absolute Gasteiger partial charge is 0.462 e. The van der Waals surface area contributed by atoms with Crippen LogP contribution in [0.25, 0.3) is 0 Å². The van der Waals surface area contributed by atoms with Crippen molar-refractivity contribution < 1.29 is 28.6 Å². The number of ether oxygens (including phenoxy) is 3. The van der Waals surface area contributed by atoms with Crippen LogP contribution >= 0.6 is 0 Å². The monoisotopic (exact) mass is 937 g/mol. The van der Waals surface area contributed by atoms with Crippen LogP contribution < -0.4 is 0 Å². The minimum atomic E-state index is -0.785. The number of unbranched alkanes of at least 4 members (excludes halogenated alkanes) is 31. The van der Waals surface area contributed by atoms with E-state index in [1.54, 1.807) is 0 Å². The molecule has 0 heterocycles. The first-order valence-electron chi connectivity index (χ1n) is 28.8. The van der Waals surface area contributed by atoms with Gasteiger partial charge < -0.3 is 14.2 Å². The van der Waals surface area contributed by atoms with Crippen LogP contribution in [0.4, 0.5) is 0 Å². The number of hydrogen-bond acceptors (Lipinski definition) is 6. The summed E-state index contributed by atoms with van der Waals surface area (Å²) in [5.74, 6) is -0.899. The van der Waals surface area contributed by atoms with E-state index in [9.17, 15) is 14.4 Å². The second kappa shape index (κ2) is 55.7. The van der Waals surface area contributed by atoms with E-state index in [0.29, 0.717) is 19.3 Å². The first-order valence-corrected chi connectivity index (χ1v) is 28.8. The fraction of sp³-hybridized carbons (Fsp3) is 0.787. The van der Waals surface area contributed by atoms with E-state index < -0.39 is 6.10 Å². The molecule has 0 bridgehead atoms. The highest BCUT2D eigenvalue weighted by atomic mass is 16.6. The van der Waals surface area contributed by atoms with E-state index in [1.165, 1.54) is 161 Å². The Kier molecular flexibility index (Phi) is 53.3. The molecule has 0 rings (SSSR count). The van der Waals surface area contributed by atoms with Crippen molar-refractivity contribution in [2.24, 2.45) is 0 Å². The molecule has 0 fully saturated rings. The third-order valence-electron chi connectivity index (χ3n) is 12.5. The number of allylic oxidation sites excluding steroid dienone is 10. The van der Waals surface area contributed by atoms with Gasteiger partial charge in [-0.3, -0.25) is 14.4 Å². The molecule has 67 heavy (non-hydrogen) atoms. The summed E-state index contributed by atoms with van der Waals surface area (Å²) in [6, 6.07) is 0. The summed E-state index contributed by atoms with van der Waals surface area (Å²) in [4.78, 5) is 38.2. The Hall–Kier alpha value is -2.89. The molecular weight excluding hydrogens is 829 g/mol. The van der Waals surface area contributed by atoms with Crippen LogP contribution in [0.1, 0.15) is 290 Å². The zero-order valence-corrected chi connectivity index (χ0v) is 44.4. The molecule has 0 aromatic rings. The molecule has 0 aliphatic carbocycles. The topological polar surface area (TPSA) is 78.9 Å². The van der Waals surface area contributed by atoms with Crippen LogP contribution in [0.3, 0.4) is 0 Å². The number of carbonyl (C=O) groups excluding carboxylic acids is 3.